The zero-order chi connectivity index (χ0) is 22.8. The topological polar surface area (TPSA) is 66.8 Å². The molecule has 2 heterocycles. The summed E-state index contributed by atoms with van der Waals surface area (Å²) in [7, 11) is 0. The highest BCUT2D eigenvalue weighted by molar-refractivity contribution is 7.10. The van der Waals surface area contributed by atoms with Crippen LogP contribution in [-0.4, -0.2) is 23.4 Å². The fourth-order valence-corrected chi connectivity index (χ4v) is 4.69. The molecule has 0 bridgehead atoms. The molecule has 0 spiro atoms. The zero-order valence-electron chi connectivity index (χ0n) is 18.2. The predicted molar refractivity (Wildman–Crippen MR) is 127 cm³/mol. The molecule has 1 N–H and O–H groups in total. The van der Waals surface area contributed by atoms with E-state index in [0.29, 0.717) is 29.5 Å². The van der Waals surface area contributed by atoms with Gasteiger partial charge in [-0.15, -0.1) is 11.3 Å². The van der Waals surface area contributed by atoms with Gasteiger partial charge in [0.2, 0.25) is 0 Å². The van der Waals surface area contributed by atoms with Gasteiger partial charge in [0, 0.05) is 16.1 Å². The fourth-order valence-electron chi connectivity index (χ4n) is 3.87. The maximum absolute atomic E-state index is 13.1. The van der Waals surface area contributed by atoms with Crippen molar-refractivity contribution in [3.63, 3.8) is 0 Å². The van der Waals surface area contributed by atoms with E-state index < -0.39 is 17.7 Å². The van der Waals surface area contributed by atoms with Gasteiger partial charge in [-0.3, -0.25) is 14.5 Å². The Morgan fingerprint density at radius 3 is 2.31 bits per heavy atom. The highest BCUT2D eigenvalue weighted by Crippen LogP contribution is 2.43. The summed E-state index contributed by atoms with van der Waals surface area (Å²) in [6.07, 6.45) is 0. The Morgan fingerprint density at radius 2 is 1.75 bits per heavy atom. The summed E-state index contributed by atoms with van der Waals surface area (Å²) < 4.78 is 5.46. The minimum absolute atomic E-state index is 0.0922. The molecule has 1 fully saturated rings. The molecule has 0 radical (unpaired) electrons. The molecular weight excluding hydrogens is 422 g/mol. The summed E-state index contributed by atoms with van der Waals surface area (Å²) in [6.45, 7) is 6.63. The fraction of sp³-hybridized carbons (Fsp3) is 0.231. The summed E-state index contributed by atoms with van der Waals surface area (Å²) in [5.74, 6) is -0.501. The average Bonchev–Trinajstić information content (AvgIpc) is 3.41. The van der Waals surface area contributed by atoms with Gasteiger partial charge in [0.25, 0.3) is 11.7 Å². The number of benzene rings is 2. The van der Waals surface area contributed by atoms with Gasteiger partial charge < -0.3 is 9.84 Å². The molecule has 0 aliphatic carbocycles. The highest BCUT2D eigenvalue weighted by Gasteiger charge is 2.47. The van der Waals surface area contributed by atoms with Crippen LogP contribution in [0.25, 0.3) is 5.76 Å². The third-order valence-electron chi connectivity index (χ3n) is 5.53. The average molecular weight is 448 g/mol. The first-order valence-corrected chi connectivity index (χ1v) is 11.5. The number of aliphatic hydroxyl groups excluding tert-OH is 1. The first kappa shape index (κ1) is 21.8. The number of thiophene rings is 1. The standard InChI is InChI=1S/C26H25NO4S/c1-4-31-20-13-9-18(10-14-20)24(28)22-23(21-6-5-15-32-21)27(26(30)25(22)29)19-11-7-17(8-12-19)16(2)3/h5-16,23,28H,4H2,1-3H3/b24-22-. The number of amides is 1. The quantitative estimate of drug-likeness (QED) is 0.290. The molecule has 1 saturated heterocycles. The van der Waals surface area contributed by atoms with Crippen molar-refractivity contribution in [2.24, 2.45) is 0 Å². The third-order valence-corrected chi connectivity index (χ3v) is 6.46. The lowest BCUT2D eigenvalue weighted by Crippen LogP contribution is -2.29. The Labute approximate surface area is 191 Å². The second kappa shape index (κ2) is 9.01. The largest absolute Gasteiger partial charge is 0.507 e. The second-order valence-electron chi connectivity index (χ2n) is 7.89. The van der Waals surface area contributed by atoms with Gasteiger partial charge in [-0.25, -0.2) is 0 Å². The molecule has 1 amide bonds. The third kappa shape index (κ3) is 3.94. The molecule has 1 aromatic heterocycles. The molecule has 1 unspecified atom stereocenters. The first-order valence-electron chi connectivity index (χ1n) is 10.6. The number of carbonyl (C=O) groups is 2. The van der Waals surface area contributed by atoms with Gasteiger partial charge in [-0.05, 0) is 66.2 Å². The van der Waals surface area contributed by atoms with Crippen LogP contribution in [0.1, 0.15) is 48.7 Å². The van der Waals surface area contributed by atoms with Gasteiger partial charge in [0.1, 0.15) is 17.6 Å². The van der Waals surface area contributed by atoms with Crippen molar-refractivity contribution in [3.8, 4) is 5.75 Å². The van der Waals surface area contributed by atoms with Crippen LogP contribution in [0.15, 0.2) is 71.6 Å². The Bertz CT molecular complexity index is 1150. The molecule has 164 valence electrons. The van der Waals surface area contributed by atoms with Crippen LogP contribution < -0.4 is 9.64 Å². The molecule has 1 aliphatic rings. The molecule has 6 heteroatoms. The number of anilines is 1. The summed E-state index contributed by atoms with van der Waals surface area (Å²) in [4.78, 5) is 28.6. The van der Waals surface area contributed by atoms with Crippen molar-refractivity contribution in [1.82, 2.24) is 0 Å². The van der Waals surface area contributed by atoms with Gasteiger partial charge in [0.15, 0.2) is 0 Å². The van der Waals surface area contributed by atoms with E-state index in [0.717, 1.165) is 10.4 Å². The molecule has 4 rings (SSSR count). The Kier molecular flexibility index (Phi) is 6.15. The summed E-state index contributed by atoms with van der Waals surface area (Å²) in [5, 5.41) is 13.0. The van der Waals surface area contributed by atoms with Gasteiger partial charge >= 0.3 is 0 Å². The van der Waals surface area contributed by atoms with E-state index in [4.69, 9.17) is 4.74 Å². The summed E-state index contributed by atoms with van der Waals surface area (Å²) in [6, 6.07) is 17.6. The van der Waals surface area contributed by atoms with Crippen molar-refractivity contribution >= 4 is 34.5 Å². The summed E-state index contributed by atoms with van der Waals surface area (Å²) >= 11 is 1.44. The molecule has 1 aliphatic heterocycles. The van der Waals surface area contributed by atoms with Crippen LogP contribution >= 0.6 is 11.3 Å². The highest BCUT2D eigenvalue weighted by atomic mass is 32.1. The number of carbonyl (C=O) groups excluding carboxylic acids is 2. The molecular formula is C26H25NO4S. The minimum Gasteiger partial charge on any atom is -0.507 e. The zero-order valence-corrected chi connectivity index (χ0v) is 19.1. The lowest BCUT2D eigenvalue weighted by atomic mass is 9.99. The molecule has 5 nitrogen and oxygen atoms in total. The van der Waals surface area contributed by atoms with E-state index in [1.54, 1.807) is 24.3 Å². The normalized spacial score (nSPS) is 17.9. The van der Waals surface area contributed by atoms with E-state index in [-0.39, 0.29) is 11.3 Å². The van der Waals surface area contributed by atoms with Gasteiger partial charge in [-0.2, -0.15) is 0 Å². The van der Waals surface area contributed by atoms with E-state index in [2.05, 4.69) is 13.8 Å². The van der Waals surface area contributed by atoms with E-state index in [1.807, 2.05) is 48.7 Å². The van der Waals surface area contributed by atoms with Gasteiger partial charge in [-0.1, -0.05) is 32.0 Å². The van der Waals surface area contributed by atoms with Gasteiger partial charge in [0.05, 0.1) is 12.2 Å². The number of rotatable bonds is 6. The van der Waals surface area contributed by atoms with E-state index in [1.165, 1.54) is 16.2 Å². The van der Waals surface area contributed by atoms with E-state index in [9.17, 15) is 14.7 Å². The number of nitrogens with zero attached hydrogens (tertiary/aromatic N) is 1. The molecule has 32 heavy (non-hydrogen) atoms. The maximum Gasteiger partial charge on any atom is 0.300 e. The molecule has 0 saturated carbocycles. The van der Waals surface area contributed by atoms with Crippen molar-refractivity contribution in [2.45, 2.75) is 32.7 Å². The number of Topliss-reactive ketones (excluding diaryl/α,β-unsaturated/α-hetero) is 1. The van der Waals surface area contributed by atoms with Crippen LogP contribution in [0.5, 0.6) is 5.75 Å². The van der Waals surface area contributed by atoms with Crippen molar-refractivity contribution in [3.05, 3.63) is 87.6 Å². The monoisotopic (exact) mass is 447 g/mol. The lowest BCUT2D eigenvalue weighted by molar-refractivity contribution is -0.132. The van der Waals surface area contributed by atoms with Crippen LogP contribution in [0, 0.1) is 0 Å². The molecule has 2 aromatic carbocycles. The van der Waals surface area contributed by atoms with Crippen molar-refractivity contribution in [2.75, 3.05) is 11.5 Å². The minimum atomic E-state index is -0.692. The number of aliphatic hydroxyl groups is 1. The smallest absolute Gasteiger partial charge is 0.300 e. The van der Waals surface area contributed by atoms with Crippen LogP contribution in [-0.2, 0) is 9.59 Å². The Hall–Kier alpha value is -3.38. The predicted octanol–water partition coefficient (Wildman–Crippen LogP) is 5.90. The van der Waals surface area contributed by atoms with Crippen molar-refractivity contribution < 1.29 is 19.4 Å². The van der Waals surface area contributed by atoms with Crippen LogP contribution in [0.2, 0.25) is 0 Å². The van der Waals surface area contributed by atoms with Crippen LogP contribution in [0.4, 0.5) is 5.69 Å². The maximum atomic E-state index is 13.1. The SMILES string of the molecule is CCOc1ccc(/C(O)=C2/C(=O)C(=O)N(c3ccc(C(C)C)cc3)C2c2cccs2)cc1. The lowest BCUT2D eigenvalue weighted by Gasteiger charge is -2.24. The van der Waals surface area contributed by atoms with E-state index >= 15 is 0 Å². The summed E-state index contributed by atoms with van der Waals surface area (Å²) in [5.41, 5.74) is 2.32. The second-order valence-corrected chi connectivity index (χ2v) is 8.87. The number of ketones is 1. The van der Waals surface area contributed by atoms with Crippen molar-refractivity contribution in [1.29, 1.82) is 0 Å². The molecule has 3 aromatic rings. The Balaban J connectivity index is 1.82. The number of ether oxygens (including phenoxy) is 1. The Morgan fingerprint density at radius 1 is 1.06 bits per heavy atom. The number of hydrogen-bond donors (Lipinski definition) is 1. The number of hydrogen-bond acceptors (Lipinski definition) is 5. The molecule has 1 atom stereocenters. The van der Waals surface area contributed by atoms with Crippen LogP contribution in [0.3, 0.4) is 0 Å². The first-order chi connectivity index (χ1) is 15.4.